The molecule has 0 radical (unpaired) electrons. The van der Waals surface area contributed by atoms with E-state index in [9.17, 15) is 4.39 Å². The molecule has 1 unspecified atom stereocenters. The number of ether oxygens (including phenoxy) is 1. The number of hydrogen-bond donors (Lipinski definition) is 1. The lowest BCUT2D eigenvalue weighted by Gasteiger charge is -2.16. The predicted octanol–water partition coefficient (Wildman–Crippen LogP) is 4.23. The molecule has 0 aliphatic carbocycles. The molecule has 0 saturated carbocycles. The Morgan fingerprint density at radius 1 is 1.16 bits per heavy atom. The molecule has 2 rings (SSSR count). The van der Waals surface area contributed by atoms with E-state index in [0.29, 0.717) is 23.7 Å². The van der Waals surface area contributed by atoms with Crippen molar-refractivity contribution in [3.8, 4) is 5.75 Å². The highest BCUT2D eigenvalue weighted by molar-refractivity contribution is 7.80. The van der Waals surface area contributed by atoms with Gasteiger partial charge < -0.3 is 4.74 Å². The summed E-state index contributed by atoms with van der Waals surface area (Å²) in [6, 6.07) is 15.0. The van der Waals surface area contributed by atoms with Gasteiger partial charge in [0.2, 0.25) is 0 Å². The standard InChI is InChI=1S/C16H17FOS/c1-12-9-15(7-8-16(12)17)18-10-14(11-19)13-5-3-2-4-6-13/h2-9,14,19H,10-11H2,1H3. The second kappa shape index (κ2) is 6.62. The zero-order valence-corrected chi connectivity index (χ0v) is 11.7. The first-order chi connectivity index (χ1) is 9.20. The molecule has 100 valence electrons. The first kappa shape index (κ1) is 13.9. The molecule has 0 heterocycles. The Balaban J connectivity index is 2.02. The largest absolute Gasteiger partial charge is 0.493 e. The molecule has 0 saturated heterocycles. The highest BCUT2D eigenvalue weighted by atomic mass is 32.1. The van der Waals surface area contributed by atoms with Gasteiger partial charge in [0.25, 0.3) is 0 Å². The molecule has 0 aromatic heterocycles. The molecule has 1 atom stereocenters. The second-order valence-electron chi connectivity index (χ2n) is 4.51. The number of benzene rings is 2. The van der Waals surface area contributed by atoms with Gasteiger partial charge in [-0.05, 0) is 36.2 Å². The molecule has 0 aliphatic heterocycles. The van der Waals surface area contributed by atoms with Gasteiger partial charge in [0, 0.05) is 11.7 Å². The van der Waals surface area contributed by atoms with E-state index in [1.807, 2.05) is 18.2 Å². The van der Waals surface area contributed by atoms with Crippen LogP contribution in [0.15, 0.2) is 48.5 Å². The van der Waals surface area contributed by atoms with Crippen LogP contribution in [-0.2, 0) is 0 Å². The summed E-state index contributed by atoms with van der Waals surface area (Å²) in [7, 11) is 0. The van der Waals surface area contributed by atoms with Crippen molar-refractivity contribution in [2.24, 2.45) is 0 Å². The van der Waals surface area contributed by atoms with Crippen molar-refractivity contribution in [3.05, 3.63) is 65.5 Å². The van der Waals surface area contributed by atoms with Gasteiger partial charge in [-0.2, -0.15) is 12.6 Å². The lowest BCUT2D eigenvalue weighted by Crippen LogP contribution is -2.12. The number of aryl methyl sites for hydroxylation is 1. The van der Waals surface area contributed by atoms with Crippen molar-refractivity contribution in [3.63, 3.8) is 0 Å². The molecule has 1 nitrogen and oxygen atoms in total. The maximum atomic E-state index is 13.2. The van der Waals surface area contributed by atoms with Crippen LogP contribution in [0.25, 0.3) is 0 Å². The van der Waals surface area contributed by atoms with Crippen LogP contribution in [0.5, 0.6) is 5.75 Å². The van der Waals surface area contributed by atoms with E-state index in [2.05, 4.69) is 24.8 Å². The molecule has 0 bridgehead atoms. The molecule has 3 heteroatoms. The minimum atomic E-state index is -0.207. The van der Waals surface area contributed by atoms with E-state index in [1.54, 1.807) is 19.1 Å². The molecule has 19 heavy (non-hydrogen) atoms. The molecule has 0 aliphatic rings. The maximum Gasteiger partial charge on any atom is 0.126 e. The van der Waals surface area contributed by atoms with Gasteiger partial charge in [-0.15, -0.1) is 0 Å². The van der Waals surface area contributed by atoms with Gasteiger partial charge >= 0.3 is 0 Å². The van der Waals surface area contributed by atoms with E-state index in [1.165, 1.54) is 11.6 Å². The zero-order valence-electron chi connectivity index (χ0n) is 10.8. The van der Waals surface area contributed by atoms with Gasteiger partial charge in [0.15, 0.2) is 0 Å². The van der Waals surface area contributed by atoms with Crippen molar-refractivity contribution in [1.29, 1.82) is 0 Å². The first-order valence-corrected chi connectivity index (χ1v) is 6.88. The lowest BCUT2D eigenvalue weighted by molar-refractivity contribution is 0.297. The number of hydrogen-bond acceptors (Lipinski definition) is 2. The Hall–Kier alpha value is -1.48. The Morgan fingerprint density at radius 2 is 1.89 bits per heavy atom. The van der Waals surface area contributed by atoms with Crippen molar-refractivity contribution in [2.45, 2.75) is 12.8 Å². The van der Waals surface area contributed by atoms with E-state index in [4.69, 9.17) is 4.74 Å². The van der Waals surface area contributed by atoms with Crippen LogP contribution >= 0.6 is 12.6 Å². The molecule has 0 spiro atoms. The van der Waals surface area contributed by atoms with Crippen LogP contribution in [0, 0.1) is 12.7 Å². The fraction of sp³-hybridized carbons (Fsp3) is 0.250. The Bertz CT molecular complexity index is 528. The van der Waals surface area contributed by atoms with E-state index < -0.39 is 0 Å². The minimum absolute atomic E-state index is 0.207. The van der Waals surface area contributed by atoms with E-state index in [-0.39, 0.29) is 11.7 Å². The Morgan fingerprint density at radius 3 is 2.53 bits per heavy atom. The maximum absolute atomic E-state index is 13.2. The Labute approximate surface area is 118 Å². The smallest absolute Gasteiger partial charge is 0.126 e. The second-order valence-corrected chi connectivity index (χ2v) is 4.88. The third kappa shape index (κ3) is 3.74. The van der Waals surface area contributed by atoms with Crippen LogP contribution < -0.4 is 4.74 Å². The summed E-state index contributed by atoms with van der Waals surface area (Å²) >= 11 is 4.37. The van der Waals surface area contributed by atoms with Crippen LogP contribution in [-0.4, -0.2) is 12.4 Å². The SMILES string of the molecule is Cc1cc(OCC(CS)c2ccccc2)ccc1F. The van der Waals surface area contributed by atoms with Crippen molar-refractivity contribution in [2.75, 3.05) is 12.4 Å². The van der Waals surface area contributed by atoms with Crippen molar-refractivity contribution >= 4 is 12.6 Å². The molecule has 0 amide bonds. The van der Waals surface area contributed by atoms with Gasteiger partial charge in [-0.3, -0.25) is 0 Å². The quantitative estimate of drug-likeness (QED) is 0.804. The fourth-order valence-corrected chi connectivity index (χ4v) is 2.20. The minimum Gasteiger partial charge on any atom is -0.493 e. The van der Waals surface area contributed by atoms with Crippen LogP contribution in [0.3, 0.4) is 0 Å². The summed E-state index contributed by atoms with van der Waals surface area (Å²) < 4.78 is 18.9. The normalized spacial score (nSPS) is 12.2. The molecule has 0 N–H and O–H groups in total. The third-order valence-corrected chi connectivity index (χ3v) is 3.51. The zero-order chi connectivity index (χ0) is 13.7. The number of rotatable bonds is 5. The summed E-state index contributed by atoms with van der Waals surface area (Å²) in [5.41, 5.74) is 1.80. The van der Waals surface area contributed by atoms with Crippen LogP contribution in [0.4, 0.5) is 4.39 Å². The monoisotopic (exact) mass is 276 g/mol. The lowest BCUT2D eigenvalue weighted by atomic mass is 10.0. The summed E-state index contributed by atoms with van der Waals surface area (Å²) in [5.74, 6) is 1.43. The molecule has 2 aromatic carbocycles. The molecule has 2 aromatic rings. The third-order valence-electron chi connectivity index (χ3n) is 3.07. The average molecular weight is 276 g/mol. The van der Waals surface area contributed by atoms with Gasteiger partial charge in [0.1, 0.15) is 11.6 Å². The van der Waals surface area contributed by atoms with Crippen LogP contribution in [0.2, 0.25) is 0 Å². The Kier molecular flexibility index (Phi) is 4.86. The average Bonchev–Trinajstić information content (AvgIpc) is 2.44. The van der Waals surface area contributed by atoms with Crippen molar-refractivity contribution < 1.29 is 9.13 Å². The summed E-state index contributed by atoms with van der Waals surface area (Å²) in [4.78, 5) is 0. The summed E-state index contributed by atoms with van der Waals surface area (Å²) in [6.07, 6.45) is 0. The van der Waals surface area contributed by atoms with Crippen molar-refractivity contribution in [1.82, 2.24) is 0 Å². The molecule has 0 fully saturated rings. The van der Waals surface area contributed by atoms with E-state index >= 15 is 0 Å². The predicted molar refractivity (Wildman–Crippen MR) is 79.7 cm³/mol. The van der Waals surface area contributed by atoms with Gasteiger partial charge in [-0.25, -0.2) is 4.39 Å². The molecular weight excluding hydrogens is 259 g/mol. The van der Waals surface area contributed by atoms with E-state index in [0.717, 1.165) is 0 Å². The topological polar surface area (TPSA) is 9.23 Å². The number of thiol groups is 1. The molecular formula is C16H17FOS. The first-order valence-electron chi connectivity index (χ1n) is 6.25. The van der Waals surface area contributed by atoms with Crippen LogP contribution in [0.1, 0.15) is 17.0 Å². The number of halogens is 1. The van der Waals surface area contributed by atoms with Gasteiger partial charge in [0.05, 0.1) is 6.61 Å². The summed E-state index contributed by atoms with van der Waals surface area (Å²) in [6.45, 7) is 2.27. The van der Waals surface area contributed by atoms with Gasteiger partial charge in [-0.1, -0.05) is 30.3 Å². The highest BCUT2D eigenvalue weighted by Gasteiger charge is 2.10. The summed E-state index contributed by atoms with van der Waals surface area (Å²) in [5, 5.41) is 0. The highest BCUT2D eigenvalue weighted by Crippen LogP contribution is 2.21. The fourth-order valence-electron chi connectivity index (χ4n) is 1.88.